The maximum atomic E-state index is 6.77. The molecule has 1 unspecified atom stereocenters. The second kappa shape index (κ2) is 8.18. The number of rotatable bonds is 1. The Morgan fingerprint density at radius 1 is 0.455 bits per heavy atom. The van der Waals surface area contributed by atoms with Crippen molar-refractivity contribution in [2.45, 2.75) is 24.7 Å². The summed E-state index contributed by atoms with van der Waals surface area (Å²) in [5.41, 5.74) is 15.6. The Bertz CT molecular complexity index is 2290. The SMILES string of the molecule is CC1(C)c2ccccc2N(c2cccc3c2C2(c4ccccc4-3)c3ccccc3-c3oc4ccccc4c32)c2ccccc21. The lowest BCUT2D eigenvalue weighted by molar-refractivity contribution is 0.628. The highest BCUT2D eigenvalue weighted by Crippen LogP contribution is 2.67. The van der Waals surface area contributed by atoms with E-state index in [1.807, 2.05) is 0 Å². The summed E-state index contributed by atoms with van der Waals surface area (Å²) < 4.78 is 6.77. The van der Waals surface area contributed by atoms with Crippen LogP contribution in [0.15, 0.2) is 144 Å². The quantitative estimate of drug-likeness (QED) is 0.197. The summed E-state index contributed by atoms with van der Waals surface area (Å²) in [7, 11) is 0. The molecule has 1 aliphatic heterocycles. The molecule has 10 rings (SSSR count). The average Bonchev–Trinajstić information content (AvgIpc) is 3.69. The fourth-order valence-electron chi connectivity index (χ4n) is 8.74. The number of hydrogen-bond acceptors (Lipinski definition) is 2. The summed E-state index contributed by atoms with van der Waals surface area (Å²) in [6.07, 6.45) is 0. The van der Waals surface area contributed by atoms with E-state index in [2.05, 4.69) is 158 Å². The maximum Gasteiger partial charge on any atom is 0.140 e. The minimum Gasteiger partial charge on any atom is -0.456 e. The van der Waals surface area contributed by atoms with Crippen LogP contribution in [-0.2, 0) is 10.8 Å². The Labute approximate surface area is 256 Å². The molecule has 44 heavy (non-hydrogen) atoms. The van der Waals surface area contributed by atoms with Gasteiger partial charge in [-0.15, -0.1) is 0 Å². The summed E-state index contributed by atoms with van der Waals surface area (Å²) in [6, 6.07) is 51.3. The summed E-state index contributed by atoms with van der Waals surface area (Å²) in [6.45, 7) is 4.71. The summed E-state index contributed by atoms with van der Waals surface area (Å²) in [4.78, 5) is 2.53. The number of anilines is 3. The molecular weight excluding hydrogens is 534 g/mol. The monoisotopic (exact) mass is 563 g/mol. The lowest BCUT2D eigenvalue weighted by Crippen LogP contribution is -2.33. The molecule has 1 aromatic heterocycles. The van der Waals surface area contributed by atoms with Gasteiger partial charge in [-0.3, -0.25) is 0 Å². The van der Waals surface area contributed by atoms with Gasteiger partial charge in [0.1, 0.15) is 11.3 Å². The van der Waals surface area contributed by atoms with Crippen LogP contribution >= 0.6 is 0 Å². The molecule has 0 N–H and O–H groups in total. The van der Waals surface area contributed by atoms with Crippen LogP contribution in [0, 0.1) is 0 Å². The summed E-state index contributed by atoms with van der Waals surface area (Å²) in [5.74, 6) is 0.986. The lowest BCUT2D eigenvalue weighted by Gasteiger charge is -2.43. The first-order chi connectivity index (χ1) is 21.6. The molecule has 1 atom stereocenters. The number of benzene rings is 6. The van der Waals surface area contributed by atoms with Gasteiger partial charge in [-0.1, -0.05) is 129 Å². The highest BCUT2D eigenvalue weighted by molar-refractivity contribution is 6.04. The van der Waals surface area contributed by atoms with E-state index in [-0.39, 0.29) is 5.41 Å². The highest BCUT2D eigenvalue weighted by atomic mass is 16.3. The molecule has 0 saturated heterocycles. The molecule has 2 aliphatic carbocycles. The number of nitrogens with zero attached hydrogens (tertiary/aromatic N) is 1. The molecule has 0 fully saturated rings. The molecular formula is C42H29NO. The van der Waals surface area contributed by atoms with Crippen LogP contribution in [0.4, 0.5) is 17.1 Å². The highest BCUT2D eigenvalue weighted by Gasteiger charge is 2.56. The lowest BCUT2D eigenvalue weighted by atomic mass is 9.69. The van der Waals surface area contributed by atoms with Crippen molar-refractivity contribution in [2.75, 3.05) is 4.90 Å². The predicted octanol–water partition coefficient (Wildman–Crippen LogP) is 10.9. The van der Waals surface area contributed by atoms with Crippen molar-refractivity contribution in [2.24, 2.45) is 0 Å². The smallest absolute Gasteiger partial charge is 0.140 e. The topological polar surface area (TPSA) is 16.4 Å². The van der Waals surface area contributed by atoms with Crippen molar-refractivity contribution in [1.29, 1.82) is 0 Å². The first kappa shape index (κ1) is 24.1. The van der Waals surface area contributed by atoms with E-state index in [1.54, 1.807) is 0 Å². The number of furan rings is 1. The fraction of sp³-hybridized carbons (Fsp3) is 0.0952. The van der Waals surface area contributed by atoms with Gasteiger partial charge in [0.05, 0.1) is 22.5 Å². The van der Waals surface area contributed by atoms with Gasteiger partial charge in [-0.2, -0.15) is 0 Å². The van der Waals surface area contributed by atoms with E-state index in [1.165, 1.54) is 72.5 Å². The van der Waals surface area contributed by atoms with Crippen LogP contribution in [0.25, 0.3) is 33.4 Å². The van der Waals surface area contributed by atoms with E-state index in [9.17, 15) is 0 Å². The molecule has 2 heteroatoms. The molecule has 6 aromatic carbocycles. The molecule has 2 nitrogen and oxygen atoms in total. The van der Waals surface area contributed by atoms with Crippen LogP contribution in [0.3, 0.4) is 0 Å². The normalized spacial score (nSPS) is 18.0. The molecule has 0 radical (unpaired) electrons. The van der Waals surface area contributed by atoms with E-state index >= 15 is 0 Å². The third-order valence-electron chi connectivity index (χ3n) is 10.5. The Kier molecular flexibility index (Phi) is 4.49. The van der Waals surface area contributed by atoms with Crippen molar-refractivity contribution >= 4 is 28.0 Å². The Balaban J connectivity index is 1.40. The first-order valence-electron chi connectivity index (χ1n) is 15.5. The molecule has 2 heterocycles. The second-order valence-electron chi connectivity index (χ2n) is 12.8. The van der Waals surface area contributed by atoms with Crippen LogP contribution in [0.1, 0.15) is 47.2 Å². The molecule has 1 spiro atoms. The van der Waals surface area contributed by atoms with Gasteiger partial charge in [-0.25, -0.2) is 0 Å². The third-order valence-corrected chi connectivity index (χ3v) is 10.5. The Morgan fingerprint density at radius 2 is 0.977 bits per heavy atom. The van der Waals surface area contributed by atoms with Crippen LogP contribution in [-0.4, -0.2) is 0 Å². The van der Waals surface area contributed by atoms with Gasteiger partial charge in [0, 0.05) is 27.5 Å². The van der Waals surface area contributed by atoms with Crippen molar-refractivity contribution in [3.8, 4) is 22.5 Å². The standard InChI is InChI=1S/C42H29NO/c1-41(2)32-20-8-10-22-34(32)43(35-23-11-9-21-33(35)41)36-24-13-17-27-26-14-3-6-18-30(26)42(38(27)36)31-19-7-4-15-28(31)40-39(42)29-16-5-12-25-37(29)44-40/h3-25H,1-2H3. The molecule has 3 aliphatic rings. The van der Waals surface area contributed by atoms with Crippen molar-refractivity contribution in [1.82, 2.24) is 0 Å². The van der Waals surface area contributed by atoms with E-state index in [4.69, 9.17) is 4.42 Å². The van der Waals surface area contributed by atoms with E-state index < -0.39 is 5.41 Å². The zero-order valence-electron chi connectivity index (χ0n) is 24.6. The average molecular weight is 564 g/mol. The van der Waals surface area contributed by atoms with E-state index in [0.717, 1.165) is 11.3 Å². The molecule has 7 aromatic rings. The van der Waals surface area contributed by atoms with Crippen LogP contribution in [0.2, 0.25) is 0 Å². The van der Waals surface area contributed by atoms with Gasteiger partial charge in [0.2, 0.25) is 0 Å². The van der Waals surface area contributed by atoms with Gasteiger partial charge in [0.15, 0.2) is 0 Å². The summed E-state index contributed by atoms with van der Waals surface area (Å²) >= 11 is 0. The van der Waals surface area contributed by atoms with Crippen LogP contribution < -0.4 is 4.90 Å². The van der Waals surface area contributed by atoms with Gasteiger partial charge >= 0.3 is 0 Å². The number of para-hydroxylation sites is 3. The zero-order valence-corrected chi connectivity index (χ0v) is 24.6. The number of hydrogen-bond donors (Lipinski definition) is 0. The Morgan fingerprint density at radius 3 is 1.70 bits per heavy atom. The predicted molar refractivity (Wildman–Crippen MR) is 179 cm³/mol. The fourth-order valence-corrected chi connectivity index (χ4v) is 8.74. The maximum absolute atomic E-state index is 6.77. The summed E-state index contributed by atoms with van der Waals surface area (Å²) in [5, 5.41) is 1.18. The number of fused-ring (bicyclic) bond motifs is 14. The van der Waals surface area contributed by atoms with Gasteiger partial charge in [0.25, 0.3) is 0 Å². The van der Waals surface area contributed by atoms with Gasteiger partial charge < -0.3 is 9.32 Å². The Hall–Kier alpha value is -5.34. The van der Waals surface area contributed by atoms with Crippen LogP contribution in [0.5, 0.6) is 0 Å². The minimum absolute atomic E-state index is 0.129. The molecule has 0 saturated carbocycles. The third kappa shape index (κ3) is 2.69. The van der Waals surface area contributed by atoms with Crippen molar-refractivity contribution in [3.05, 3.63) is 173 Å². The van der Waals surface area contributed by atoms with Gasteiger partial charge in [-0.05, 0) is 57.6 Å². The minimum atomic E-state index is -0.530. The molecule has 208 valence electrons. The molecule has 0 amide bonds. The van der Waals surface area contributed by atoms with Crippen molar-refractivity contribution in [3.63, 3.8) is 0 Å². The largest absolute Gasteiger partial charge is 0.456 e. The second-order valence-corrected chi connectivity index (χ2v) is 12.8. The first-order valence-corrected chi connectivity index (χ1v) is 15.5. The van der Waals surface area contributed by atoms with E-state index in [0.29, 0.717) is 0 Å². The zero-order chi connectivity index (χ0) is 29.2. The molecule has 0 bridgehead atoms. The van der Waals surface area contributed by atoms with Crippen molar-refractivity contribution < 1.29 is 4.42 Å².